The molecule has 0 aliphatic heterocycles. The molecule has 14 heavy (non-hydrogen) atoms. The van der Waals surface area contributed by atoms with Crippen molar-refractivity contribution in [1.29, 1.82) is 0 Å². The van der Waals surface area contributed by atoms with Gasteiger partial charge >= 0.3 is 0 Å². The standard InChI is InChI=1S/C11H24N2O/c1-9(10-5-6-10)13(3)11(2,7-12)8-14-4/h9-10H,5-8,12H2,1-4H3. The molecular formula is C11H24N2O. The van der Waals surface area contributed by atoms with Gasteiger partial charge in [-0.3, -0.25) is 4.90 Å². The Kier molecular flexibility index (Phi) is 3.93. The van der Waals surface area contributed by atoms with Crippen molar-refractivity contribution in [3.05, 3.63) is 0 Å². The molecule has 0 bridgehead atoms. The van der Waals surface area contributed by atoms with Gasteiger partial charge < -0.3 is 10.5 Å². The lowest BCUT2D eigenvalue weighted by molar-refractivity contribution is 0.0165. The predicted molar refractivity (Wildman–Crippen MR) is 59.3 cm³/mol. The van der Waals surface area contributed by atoms with Gasteiger partial charge in [-0.25, -0.2) is 0 Å². The molecule has 0 aromatic rings. The summed E-state index contributed by atoms with van der Waals surface area (Å²) in [4.78, 5) is 2.38. The van der Waals surface area contributed by atoms with E-state index in [1.54, 1.807) is 7.11 Å². The second kappa shape index (κ2) is 4.60. The van der Waals surface area contributed by atoms with Crippen molar-refractivity contribution in [1.82, 2.24) is 4.90 Å². The van der Waals surface area contributed by atoms with E-state index in [1.165, 1.54) is 12.8 Å². The Morgan fingerprint density at radius 3 is 2.50 bits per heavy atom. The first-order valence-corrected chi connectivity index (χ1v) is 5.47. The molecule has 0 amide bonds. The van der Waals surface area contributed by atoms with E-state index >= 15 is 0 Å². The minimum atomic E-state index is -0.0171. The molecule has 1 rings (SSSR count). The van der Waals surface area contributed by atoms with E-state index in [0.29, 0.717) is 19.2 Å². The molecule has 3 nitrogen and oxygen atoms in total. The van der Waals surface area contributed by atoms with Crippen molar-refractivity contribution in [2.75, 3.05) is 27.3 Å². The molecular weight excluding hydrogens is 176 g/mol. The second-order valence-corrected chi connectivity index (χ2v) is 4.82. The highest BCUT2D eigenvalue weighted by Crippen LogP contribution is 2.36. The zero-order valence-electron chi connectivity index (χ0n) is 9.92. The Labute approximate surface area is 87.6 Å². The van der Waals surface area contributed by atoms with Gasteiger partial charge in [-0.15, -0.1) is 0 Å². The Morgan fingerprint density at radius 1 is 1.57 bits per heavy atom. The first kappa shape index (κ1) is 12.0. The average Bonchev–Trinajstić information content (AvgIpc) is 2.99. The molecule has 1 aliphatic carbocycles. The highest BCUT2D eigenvalue weighted by Gasteiger charge is 2.38. The van der Waals surface area contributed by atoms with Gasteiger partial charge in [-0.05, 0) is 39.7 Å². The van der Waals surface area contributed by atoms with Crippen LogP contribution < -0.4 is 5.73 Å². The predicted octanol–water partition coefficient (Wildman–Crippen LogP) is 1.08. The van der Waals surface area contributed by atoms with Crippen LogP contribution in [0.5, 0.6) is 0 Å². The van der Waals surface area contributed by atoms with Crippen molar-refractivity contribution in [3.63, 3.8) is 0 Å². The molecule has 0 radical (unpaired) electrons. The fourth-order valence-electron chi connectivity index (χ4n) is 2.00. The first-order chi connectivity index (χ1) is 6.55. The molecule has 0 saturated heterocycles. The molecule has 0 heterocycles. The number of ether oxygens (including phenoxy) is 1. The van der Waals surface area contributed by atoms with Gasteiger partial charge in [0, 0.05) is 19.7 Å². The maximum absolute atomic E-state index is 5.83. The quantitative estimate of drug-likeness (QED) is 0.697. The molecule has 1 saturated carbocycles. The van der Waals surface area contributed by atoms with Gasteiger partial charge in [0.25, 0.3) is 0 Å². The minimum absolute atomic E-state index is 0.0171. The summed E-state index contributed by atoms with van der Waals surface area (Å²) in [6.07, 6.45) is 2.75. The van der Waals surface area contributed by atoms with Gasteiger partial charge in [0.2, 0.25) is 0 Å². The van der Waals surface area contributed by atoms with E-state index in [9.17, 15) is 0 Å². The fraction of sp³-hybridized carbons (Fsp3) is 1.00. The molecule has 0 aromatic heterocycles. The number of methoxy groups -OCH3 is 1. The molecule has 2 unspecified atom stereocenters. The number of hydrogen-bond acceptors (Lipinski definition) is 3. The molecule has 3 heteroatoms. The van der Waals surface area contributed by atoms with Crippen LogP contribution in [0.25, 0.3) is 0 Å². The summed E-state index contributed by atoms with van der Waals surface area (Å²) >= 11 is 0. The van der Waals surface area contributed by atoms with Crippen LogP contribution >= 0.6 is 0 Å². The minimum Gasteiger partial charge on any atom is -0.383 e. The van der Waals surface area contributed by atoms with Gasteiger partial charge in [0.1, 0.15) is 0 Å². The third kappa shape index (κ3) is 2.47. The van der Waals surface area contributed by atoms with Crippen LogP contribution in [0.3, 0.4) is 0 Å². The van der Waals surface area contributed by atoms with E-state index < -0.39 is 0 Å². The van der Waals surface area contributed by atoms with Crippen LogP contribution in [0.15, 0.2) is 0 Å². The largest absolute Gasteiger partial charge is 0.383 e. The lowest BCUT2D eigenvalue weighted by atomic mass is 9.98. The van der Waals surface area contributed by atoms with Gasteiger partial charge in [0.15, 0.2) is 0 Å². The third-order valence-electron chi connectivity index (χ3n) is 3.66. The zero-order chi connectivity index (χ0) is 10.8. The van der Waals surface area contributed by atoms with Crippen LogP contribution in [0, 0.1) is 5.92 Å². The average molecular weight is 200 g/mol. The summed E-state index contributed by atoms with van der Waals surface area (Å²) in [5.41, 5.74) is 5.81. The van der Waals surface area contributed by atoms with E-state index in [4.69, 9.17) is 10.5 Å². The summed E-state index contributed by atoms with van der Waals surface area (Å²) < 4.78 is 5.25. The Hall–Kier alpha value is -0.120. The van der Waals surface area contributed by atoms with Crippen molar-refractivity contribution in [3.8, 4) is 0 Å². The van der Waals surface area contributed by atoms with Crippen LogP contribution in [0.4, 0.5) is 0 Å². The number of likely N-dealkylation sites (N-methyl/N-ethyl adjacent to an activating group) is 1. The zero-order valence-corrected chi connectivity index (χ0v) is 9.92. The second-order valence-electron chi connectivity index (χ2n) is 4.82. The number of nitrogens with zero attached hydrogens (tertiary/aromatic N) is 1. The lowest BCUT2D eigenvalue weighted by Gasteiger charge is -2.41. The molecule has 1 aliphatic rings. The molecule has 84 valence electrons. The maximum Gasteiger partial charge on any atom is 0.0656 e. The van der Waals surface area contributed by atoms with Crippen molar-refractivity contribution in [2.45, 2.75) is 38.3 Å². The third-order valence-corrected chi connectivity index (χ3v) is 3.66. The van der Waals surface area contributed by atoms with Crippen LogP contribution in [0.2, 0.25) is 0 Å². The Morgan fingerprint density at radius 2 is 2.14 bits per heavy atom. The van der Waals surface area contributed by atoms with Crippen molar-refractivity contribution < 1.29 is 4.74 Å². The van der Waals surface area contributed by atoms with Crippen molar-refractivity contribution in [2.24, 2.45) is 11.7 Å². The monoisotopic (exact) mass is 200 g/mol. The van der Waals surface area contributed by atoms with Gasteiger partial charge in [-0.2, -0.15) is 0 Å². The van der Waals surface area contributed by atoms with Crippen LogP contribution in [0.1, 0.15) is 26.7 Å². The Balaban J connectivity index is 2.56. The van der Waals surface area contributed by atoms with Gasteiger partial charge in [-0.1, -0.05) is 0 Å². The molecule has 0 aromatic carbocycles. The fourth-order valence-corrected chi connectivity index (χ4v) is 2.00. The summed E-state index contributed by atoms with van der Waals surface area (Å²) in [6.45, 7) is 5.82. The summed E-state index contributed by atoms with van der Waals surface area (Å²) in [6, 6.07) is 0.624. The topological polar surface area (TPSA) is 38.5 Å². The molecule has 1 fully saturated rings. The van der Waals surface area contributed by atoms with Crippen molar-refractivity contribution >= 4 is 0 Å². The SMILES string of the molecule is COCC(C)(CN)N(C)C(C)C1CC1. The van der Waals surface area contributed by atoms with Gasteiger partial charge in [0.05, 0.1) is 12.1 Å². The summed E-state index contributed by atoms with van der Waals surface area (Å²) in [5.74, 6) is 0.878. The van der Waals surface area contributed by atoms with E-state index in [-0.39, 0.29) is 5.54 Å². The molecule has 0 spiro atoms. The molecule has 2 N–H and O–H groups in total. The summed E-state index contributed by atoms with van der Waals surface area (Å²) in [7, 11) is 3.90. The maximum atomic E-state index is 5.83. The normalized spacial score (nSPS) is 23.6. The highest BCUT2D eigenvalue weighted by atomic mass is 16.5. The van der Waals surface area contributed by atoms with E-state index in [0.717, 1.165) is 5.92 Å². The first-order valence-electron chi connectivity index (χ1n) is 5.47. The molecule has 2 atom stereocenters. The van der Waals surface area contributed by atoms with Crippen LogP contribution in [-0.2, 0) is 4.74 Å². The van der Waals surface area contributed by atoms with Crippen LogP contribution in [-0.4, -0.2) is 43.8 Å². The summed E-state index contributed by atoms with van der Waals surface area (Å²) in [5, 5.41) is 0. The van der Waals surface area contributed by atoms with E-state index in [1.807, 2.05) is 0 Å². The number of hydrogen-bond donors (Lipinski definition) is 1. The number of rotatable bonds is 6. The highest BCUT2D eigenvalue weighted by molar-refractivity contribution is 4.93. The smallest absolute Gasteiger partial charge is 0.0656 e. The Bertz CT molecular complexity index is 182. The van der Waals surface area contributed by atoms with E-state index in [2.05, 4.69) is 25.8 Å². The number of nitrogens with two attached hydrogens (primary N) is 1. The lowest BCUT2D eigenvalue weighted by Crippen LogP contribution is -2.56.